The van der Waals surface area contributed by atoms with Gasteiger partial charge in [-0.1, -0.05) is 0 Å². The minimum Gasteiger partial charge on any atom is -0.444 e. The fourth-order valence-electron chi connectivity index (χ4n) is 1.70. The highest BCUT2D eigenvalue weighted by Crippen LogP contribution is 2.16. The molecule has 0 aliphatic carbocycles. The molecule has 0 saturated heterocycles. The van der Waals surface area contributed by atoms with Gasteiger partial charge in [0.05, 0.1) is 0 Å². The molecule has 118 valence electrons. The highest BCUT2D eigenvalue weighted by Gasteiger charge is 2.16. The lowest BCUT2D eigenvalue weighted by molar-refractivity contribution is 0.0523. The minimum atomic E-state index is -0.488. The minimum absolute atomic E-state index is 0.0320. The van der Waals surface area contributed by atoms with E-state index < -0.39 is 11.7 Å². The van der Waals surface area contributed by atoms with Crippen molar-refractivity contribution in [2.24, 2.45) is 0 Å². The first kappa shape index (κ1) is 17.3. The van der Waals surface area contributed by atoms with Crippen LogP contribution in [0.1, 0.15) is 52.7 Å². The van der Waals surface area contributed by atoms with E-state index in [0.29, 0.717) is 6.54 Å². The molecule has 5 nitrogen and oxygen atoms in total. The van der Waals surface area contributed by atoms with Crippen molar-refractivity contribution in [3.05, 3.63) is 23.4 Å². The zero-order chi connectivity index (χ0) is 16.3. The molecule has 21 heavy (non-hydrogen) atoms. The van der Waals surface area contributed by atoms with Gasteiger partial charge in [-0.15, -0.1) is 0 Å². The van der Waals surface area contributed by atoms with E-state index in [1.54, 1.807) is 6.20 Å². The van der Waals surface area contributed by atoms with Crippen LogP contribution in [0.2, 0.25) is 0 Å². The SMILES string of the molecule is Cc1cc(NC(C)(C)C)ncc1CNC(=O)OC(C)(C)C. The molecule has 1 rings (SSSR count). The number of hydrogen-bond acceptors (Lipinski definition) is 4. The molecule has 0 saturated carbocycles. The van der Waals surface area contributed by atoms with Crippen LogP contribution in [-0.2, 0) is 11.3 Å². The van der Waals surface area contributed by atoms with Gasteiger partial charge in [-0.05, 0) is 65.7 Å². The number of ether oxygens (including phenoxy) is 1. The van der Waals surface area contributed by atoms with Crippen molar-refractivity contribution in [2.75, 3.05) is 5.32 Å². The highest BCUT2D eigenvalue weighted by atomic mass is 16.6. The summed E-state index contributed by atoms with van der Waals surface area (Å²) in [7, 11) is 0. The van der Waals surface area contributed by atoms with Crippen molar-refractivity contribution in [3.63, 3.8) is 0 Å². The van der Waals surface area contributed by atoms with Crippen molar-refractivity contribution in [2.45, 2.75) is 66.2 Å². The van der Waals surface area contributed by atoms with E-state index in [0.717, 1.165) is 16.9 Å². The maximum atomic E-state index is 11.6. The van der Waals surface area contributed by atoms with E-state index in [4.69, 9.17) is 4.74 Å². The van der Waals surface area contributed by atoms with Gasteiger partial charge in [-0.2, -0.15) is 0 Å². The molecule has 1 aromatic rings. The second-order valence-corrected chi connectivity index (χ2v) is 7.23. The molecule has 1 heterocycles. The molecule has 0 atom stereocenters. The summed E-state index contributed by atoms with van der Waals surface area (Å²) in [6.45, 7) is 14.2. The normalized spacial score (nSPS) is 12.0. The maximum Gasteiger partial charge on any atom is 0.407 e. The number of hydrogen-bond donors (Lipinski definition) is 2. The summed E-state index contributed by atoms with van der Waals surface area (Å²) in [5, 5.41) is 6.06. The fraction of sp³-hybridized carbons (Fsp3) is 0.625. The maximum absolute atomic E-state index is 11.6. The number of nitrogens with zero attached hydrogens (tertiary/aromatic N) is 1. The Morgan fingerprint density at radius 3 is 2.33 bits per heavy atom. The van der Waals surface area contributed by atoms with Gasteiger partial charge in [0.25, 0.3) is 0 Å². The van der Waals surface area contributed by atoms with Crippen molar-refractivity contribution in [3.8, 4) is 0 Å². The molecule has 0 unspecified atom stereocenters. The Morgan fingerprint density at radius 2 is 1.86 bits per heavy atom. The van der Waals surface area contributed by atoms with E-state index >= 15 is 0 Å². The number of alkyl carbamates (subject to hydrolysis) is 1. The summed E-state index contributed by atoms with van der Waals surface area (Å²) in [6, 6.07) is 1.98. The molecule has 0 aliphatic rings. The van der Waals surface area contributed by atoms with Crippen LogP contribution in [-0.4, -0.2) is 22.2 Å². The van der Waals surface area contributed by atoms with Gasteiger partial charge < -0.3 is 15.4 Å². The topological polar surface area (TPSA) is 63.2 Å². The first-order valence-electron chi connectivity index (χ1n) is 7.17. The summed E-state index contributed by atoms with van der Waals surface area (Å²) in [6.07, 6.45) is 1.36. The van der Waals surface area contributed by atoms with Gasteiger partial charge in [0, 0.05) is 18.3 Å². The number of aromatic nitrogens is 1. The molecule has 1 amide bonds. The predicted octanol–water partition coefficient (Wildman–Crippen LogP) is 3.63. The number of anilines is 1. The van der Waals surface area contributed by atoms with Crippen LogP contribution in [0.15, 0.2) is 12.3 Å². The number of aryl methyl sites for hydroxylation is 1. The van der Waals surface area contributed by atoms with Crippen molar-refractivity contribution >= 4 is 11.9 Å². The van der Waals surface area contributed by atoms with Gasteiger partial charge in [0.2, 0.25) is 0 Å². The standard InChI is InChI=1S/C16H27N3O2/c1-11-8-13(19-15(2,3)4)17-9-12(11)10-18-14(20)21-16(5,6)7/h8-9H,10H2,1-7H3,(H,17,19)(H,18,20). The third-order valence-corrected chi connectivity index (χ3v) is 2.54. The molecule has 5 heteroatoms. The van der Waals surface area contributed by atoms with Crippen LogP contribution >= 0.6 is 0 Å². The third-order valence-electron chi connectivity index (χ3n) is 2.54. The van der Waals surface area contributed by atoms with E-state index in [-0.39, 0.29) is 5.54 Å². The molecule has 1 aromatic heterocycles. The Kier molecular flexibility index (Phi) is 5.20. The first-order chi connectivity index (χ1) is 9.46. The Labute approximate surface area is 127 Å². The third kappa shape index (κ3) is 6.97. The van der Waals surface area contributed by atoms with Gasteiger partial charge in [-0.3, -0.25) is 0 Å². The van der Waals surface area contributed by atoms with Crippen LogP contribution in [0.25, 0.3) is 0 Å². The first-order valence-corrected chi connectivity index (χ1v) is 7.17. The number of carbonyl (C=O) groups excluding carboxylic acids is 1. The fourth-order valence-corrected chi connectivity index (χ4v) is 1.70. The number of pyridine rings is 1. The van der Waals surface area contributed by atoms with Crippen molar-refractivity contribution < 1.29 is 9.53 Å². The molecular formula is C16H27N3O2. The highest BCUT2D eigenvalue weighted by molar-refractivity contribution is 5.67. The summed E-state index contributed by atoms with van der Waals surface area (Å²) in [5.41, 5.74) is 1.53. The van der Waals surface area contributed by atoms with E-state index in [1.807, 2.05) is 33.8 Å². The summed E-state index contributed by atoms with van der Waals surface area (Å²) in [4.78, 5) is 16.0. The molecule has 0 fully saturated rings. The number of nitrogens with one attached hydrogen (secondary N) is 2. The van der Waals surface area contributed by atoms with E-state index in [9.17, 15) is 4.79 Å². The monoisotopic (exact) mass is 293 g/mol. The molecule has 0 aliphatic heterocycles. The van der Waals surface area contributed by atoms with Crippen molar-refractivity contribution in [1.82, 2.24) is 10.3 Å². The number of amides is 1. The van der Waals surface area contributed by atoms with Crippen LogP contribution in [0, 0.1) is 6.92 Å². The number of carbonyl (C=O) groups is 1. The zero-order valence-corrected chi connectivity index (χ0v) is 14.1. The average Bonchev–Trinajstić information content (AvgIpc) is 2.23. The van der Waals surface area contributed by atoms with Crippen LogP contribution < -0.4 is 10.6 Å². The lowest BCUT2D eigenvalue weighted by atomic mass is 10.1. The largest absolute Gasteiger partial charge is 0.444 e. The van der Waals surface area contributed by atoms with E-state index in [2.05, 4.69) is 36.4 Å². The van der Waals surface area contributed by atoms with Crippen molar-refractivity contribution in [1.29, 1.82) is 0 Å². The Balaban J connectivity index is 2.63. The second kappa shape index (κ2) is 6.33. The Morgan fingerprint density at radius 1 is 1.24 bits per heavy atom. The Hall–Kier alpha value is -1.78. The lowest BCUT2D eigenvalue weighted by Crippen LogP contribution is -2.32. The Bertz CT molecular complexity index is 499. The molecule has 0 aromatic carbocycles. The lowest BCUT2D eigenvalue weighted by Gasteiger charge is -2.22. The van der Waals surface area contributed by atoms with Gasteiger partial charge in [0.15, 0.2) is 0 Å². The summed E-state index contributed by atoms with van der Waals surface area (Å²) < 4.78 is 5.21. The molecular weight excluding hydrogens is 266 g/mol. The van der Waals surface area contributed by atoms with Gasteiger partial charge in [-0.25, -0.2) is 9.78 Å². The average molecular weight is 293 g/mol. The predicted molar refractivity (Wildman–Crippen MR) is 85.4 cm³/mol. The molecule has 0 spiro atoms. The van der Waals surface area contributed by atoms with Crippen LogP contribution in [0.3, 0.4) is 0 Å². The quantitative estimate of drug-likeness (QED) is 0.893. The van der Waals surface area contributed by atoms with Gasteiger partial charge >= 0.3 is 6.09 Å². The molecule has 0 radical (unpaired) electrons. The smallest absolute Gasteiger partial charge is 0.407 e. The summed E-state index contributed by atoms with van der Waals surface area (Å²) >= 11 is 0. The summed E-state index contributed by atoms with van der Waals surface area (Å²) in [5.74, 6) is 0.834. The second-order valence-electron chi connectivity index (χ2n) is 7.23. The van der Waals surface area contributed by atoms with Crippen LogP contribution in [0.4, 0.5) is 10.6 Å². The zero-order valence-electron chi connectivity index (χ0n) is 14.1. The molecule has 0 bridgehead atoms. The van der Waals surface area contributed by atoms with Crippen LogP contribution in [0.5, 0.6) is 0 Å². The number of rotatable bonds is 3. The van der Waals surface area contributed by atoms with E-state index in [1.165, 1.54) is 0 Å². The molecule has 2 N–H and O–H groups in total. The van der Waals surface area contributed by atoms with Gasteiger partial charge in [0.1, 0.15) is 11.4 Å².